The predicted molar refractivity (Wildman–Crippen MR) is 58.7 cm³/mol. The van der Waals surface area contributed by atoms with Crippen LogP contribution in [0, 0.1) is 0 Å². The second-order valence-electron chi connectivity index (χ2n) is 3.49. The van der Waals surface area contributed by atoms with E-state index in [4.69, 9.17) is 16.7 Å². The van der Waals surface area contributed by atoms with E-state index in [2.05, 4.69) is 4.98 Å². The number of carboxylic acids is 1. The van der Waals surface area contributed by atoms with Crippen molar-refractivity contribution >= 4 is 28.5 Å². The quantitative estimate of drug-likeness (QED) is 0.865. The van der Waals surface area contributed by atoms with Crippen molar-refractivity contribution in [3.63, 3.8) is 0 Å². The maximum atomic E-state index is 12.8. The number of hydrogen-bond acceptors (Lipinski definition) is 2. The first-order valence-electron chi connectivity index (χ1n) is 4.70. The first-order valence-corrected chi connectivity index (χ1v) is 5.08. The molecular formula is C11H5ClF3NO2. The molecule has 1 aromatic carbocycles. The van der Waals surface area contributed by atoms with Gasteiger partial charge in [0.15, 0.2) is 0 Å². The average molecular weight is 276 g/mol. The molecule has 0 aliphatic heterocycles. The number of fused-ring (bicyclic) bond motifs is 1. The molecule has 2 rings (SSSR count). The molecule has 0 saturated heterocycles. The van der Waals surface area contributed by atoms with Crippen LogP contribution in [0.4, 0.5) is 13.2 Å². The number of rotatable bonds is 1. The van der Waals surface area contributed by atoms with Gasteiger partial charge in [-0.25, -0.2) is 9.78 Å². The Bertz CT molecular complexity index is 640. The van der Waals surface area contributed by atoms with E-state index in [0.717, 1.165) is 12.1 Å². The fraction of sp³-hybridized carbons (Fsp3) is 0.0909. The molecule has 0 unspecified atom stereocenters. The summed E-state index contributed by atoms with van der Waals surface area (Å²) in [6.45, 7) is 0. The molecule has 0 saturated carbocycles. The largest absolute Gasteiger partial charge is 0.477 e. The topological polar surface area (TPSA) is 50.2 Å². The summed E-state index contributed by atoms with van der Waals surface area (Å²) in [6, 6.07) is 4.40. The summed E-state index contributed by atoms with van der Waals surface area (Å²) in [4.78, 5) is 14.3. The third kappa shape index (κ3) is 2.11. The Hall–Kier alpha value is -1.82. The zero-order valence-corrected chi connectivity index (χ0v) is 9.38. The van der Waals surface area contributed by atoms with E-state index in [1.54, 1.807) is 0 Å². The molecule has 0 fully saturated rings. The first-order chi connectivity index (χ1) is 8.30. The van der Waals surface area contributed by atoms with E-state index in [9.17, 15) is 18.0 Å². The van der Waals surface area contributed by atoms with Crippen LogP contribution in [0.2, 0.25) is 5.02 Å². The van der Waals surface area contributed by atoms with E-state index in [1.807, 2.05) is 0 Å². The number of alkyl halides is 3. The molecule has 0 atom stereocenters. The summed E-state index contributed by atoms with van der Waals surface area (Å²) in [5.41, 5.74) is -2.00. The zero-order valence-electron chi connectivity index (χ0n) is 8.62. The monoisotopic (exact) mass is 275 g/mol. The Morgan fingerprint density at radius 2 is 2.00 bits per heavy atom. The molecule has 7 heteroatoms. The first kappa shape index (κ1) is 12.6. The second kappa shape index (κ2) is 4.13. The molecule has 94 valence electrons. The number of halogens is 4. The summed E-state index contributed by atoms with van der Waals surface area (Å²) in [5, 5.41) is 8.75. The van der Waals surface area contributed by atoms with Crippen LogP contribution < -0.4 is 0 Å². The van der Waals surface area contributed by atoms with Gasteiger partial charge in [0.1, 0.15) is 5.69 Å². The summed E-state index contributed by atoms with van der Waals surface area (Å²) >= 11 is 5.76. The van der Waals surface area contributed by atoms with Crippen LogP contribution >= 0.6 is 11.6 Å². The van der Waals surface area contributed by atoms with Crippen molar-refractivity contribution < 1.29 is 23.1 Å². The minimum atomic E-state index is -4.62. The van der Waals surface area contributed by atoms with Gasteiger partial charge in [-0.15, -0.1) is 0 Å². The third-order valence-corrected chi connectivity index (χ3v) is 2.63. The number of aromatic nitrogens is 1. The molecule has 0 spiro atoms. The highest BCUT2D eigenvalue weighted by Gasteiger charge is 2.33. The van der Waals surface area contributed by atoms with Crippen LogP contribution in [-0.4, -0.2) is 16.1 Å². The van der Waals surface area contributed by atoms with Crippen molar-refractivity contribution in [2.24, 2.45) is 0 Å². The lowest BCUT2D eigenvalue weighted by Crippen LogP contribution is -2.08. The van der Waals surface area contributed by atoms with E-state index < -0.39 is 28.9 Å². The van der Waals surface area contributed by atoms with Crippen LogP contribution in [0.15, 0.2) is 24.3 Å². The molecule has 0 amide bonds. The van der Waals surface area contributed by atoms with Gasteiger partial charge in [0.25, 0.3) is 0 Å². The normalized spacial score (nSPS) is 11.8. The lowest BCUT2D eigenvalue weighted by Gasteiger charge is -2.10. The standard InChI is InChI=1S/C11H5ClF3NO2/c12-7-4-8(10(17)18)16-9-5(7)2-1-3-6(9)11(13,14)15/h1-4H,(H,17,18). The summed E-state index contributed by atoms with van der Waals surface area (Å²) in [7, 11) is 0. The lowest BCUT2D eigenvalue weighted by atomic mass is 10.1. The summed E-state index contributed by atoms with van der Waals surface area (Å²) < 4.78 is 38.3. The molecule has 0 aliphatic rings. The van der Waals surface area contributed by atoms with Crippen molar-refractivity contribution in [2.75, 3.05) is 0 Å². The number of pyridine rings is 1. The van der Waals surface area contributed by atoms with Gasteiger partial charge in [0, 0.05) is 5.39 Å². The van der Waals surface area contributed by atoms with Gasteiger partial charge in [-0.1, -0.05) is 23.7 Å². The Morgan fingerprint density at radius 3 is 2.56 bits per heavy atom. The van der Waals surface area contributed by atoms with Gasteiger partial charge in [-0.3, -0.25) is 0 Å². The molecule has 1 N–H and O–H groups in total. The smallest absolute Gasteiger partial charge is 0.418 e. The third-order valence-electron chi connectivity index (χ3n) is 2.31. The number of carbonyl (C=O) groups is 1. The number of para-hydroxylation sites is 1. The summed E-state index contributed by atoms with van der Waals surface area (Å²) in [6.07, 6.45) is -4.62. The lowest BCUT2D eigenvalue weighted by molar-refractivity contribution is -0.136. The SMILES string of the molecule is O=C(O)c1cc(Cl)c2cccc(C(F)(F)F)c2n1. The number of benzene rings is 1. The molecule has 0 aliphatic carbocycles. The van der Waals surface area contributed by atoms with Gasteiger partial charge < -0.3 is 5.11 Å². The van der Waals surface area contributed by atoms with Gasteiger partial charge in [-0.05, 0) is 12.1 Å². The molecule has 1 heterocycles. The summed E-state index contributed by atoms with van der Waals surface area (Å²) in [5.74, 6) is -1.43. The highest BCUT2D eigenvalue weighted by atomic mass is 35.5. The minimum absolute atomic E-state index is 0.0662. The van der Waals surface area contributed by atoms with Gasteiger partial charge in [0.05, 0.1) is 16.1 Å². The van der Waals surface area contributed by atoms with E-state index in [0.29, 0.717) is 0 Å². The van der Waals surface area contributed by atoms with Crippen molar-refractivity contribution in [3.05, 3.63) is 40.5 Å². The van der Waals surface area contributed by atoms with Crippen molar-refractivity contribution in [2.45, 2.75) is 6.18 Å². The van der Waals surface area contributed by atoms with E-state index >= 15 is 0 Å². The highest BCUT2D eigenvalue weighted by Crippen LogP contribution is 2.35. The Morgan fingerprint density at radius 1 is 1.33 bits per heavy atom. The Balaban J connectivity index is 2.86. The Labute approximate surface area is 104 Å². The maximum Gasteiger partial charge on any atom is 0.418 e. The van der Waals surface area contributed by atoms with Crippen LogP contribution in [0.1, 0.15) is 16.1 Å². The number of hydrogen-bond donors (Lipinski definition) is 1. The maximum absolute atomic E-state index is 12.8. The van der Waals surface area contributed by atoms with Crippen molar-refractivity contribution in [3.8, 4) is 0 Å². The molecule has 2 aromatic rings. The van der Waals surface area contributed by atoms with Crippen LogP contribution in [0.3, 0.4) is 0 Å². The number of aromatic carboxylic acids is 1. The molecule has 0 bridgehead atoms. The minimum Gasteiger partial charge on any atom is -0.477 e. The van der Waals surface area contributed by atoms with Gasteiger partial charge >= 0.3 is 12.1 Å². The molecule has 3 nitrogen and oxygen atoms in total. The molecule has 1 aromatic heterocycles. The average Bonchev–Trinajstić information content (AvgIpc) is 2.26. The number of nitrogens with zero attached hydrogens (tertiary/aromatic N) is 1. The second-order valence-corrected chi connectivity index (χ2v) is 3.90. The fourth-order valence-electron chi connectivity index (χ4n) is 1.55. The van der Waals surface area contributed by atoms with Crippen molar-refractivity contribution in [1.29, 1.82) is 0 Å². The molecule has 0 radical (unpaired) electrons. The zero-order chi connectivity index (χ0) is 13.5. The predicted octanol–water partition coefficient (Wildman–Crippen LogP) is 3.61. The van der Waals surface area contributed by atoms with Crippen molar-refractivity contribution in [1.82, 2.24) is 4.98 Å². The van der Waals surface area contributed by atoms with Crippen LogP contribution in [-0.2, 0) is 6.18 Å². The molecule has 18 heavy (non-hydrogen) atoms. The number of carboxylic acid groups (broad SMARTS) is 1. The van der Waals surface area contributed by atoms with E-state index in [1.165, 1.54) is 12.1 Å². The van der Waals surface area contributed by atoms with Gasteiger partial charge in [0.2, 0.25) is 0 Å². The van der Waals surface area contributed by atoms with Gasteiger partial charge in [-0.2, -0.15) is 13.2 Å². The van der Waals surface area contributed by atoms with E-state index in [-0.39, 0.29) is 10.4 Å². The van der Waals surface area contributed by atoms with Crippen LogP contribution in [0.5, 0.6) is 0 Å². The van der Waals surface area contributed by atoms with Crippen LogP contribution in [0.25, 0.3) is 10.9 Å². The molecular weight excluding hydrogens is 271 g/mol. The Kier molecular flexibility index (Phi) is 2.90. The highest BCUT2D eigenvalue weighted by molar-refractivity contribution is 6.35. The fourth-order valence-corrected chi connectivity index (χ4v) is 1.80.